The maximum absolute atomic E-state index is 5.26. The van der Waals surface area contributed by atoms with E-state index >= 15 is 0 Å². The zero-order valence-corrected chi connectivity index (χ0v) is 12.7. The van der Waals surface area contributed by atoms with Gasteiger partial charge < -0.3 is 10.1 Å². The number of aryl methyl sites for hydroxylation is 1. The van der Waals surface area contributed by atoms with E-state index in [1.807, 2.05) is 12.3 Å². The minimum Gasteiger partial charge on any atom is -0.378 e. The molecule has 0 amide bonds. The van der Waals surface area contributed by atoms with Crippen LogP contribution in [-0.4, -0.2) is 23.1 Å². The number of thiazole rings is 1. The number of hydrogen-bond acceptors (Lipinski definition) is 5. The molecule has 106 valence electrons. The molecular formula is C15H19N3OS. The van der Waals surface area contributed by atoms with Crippen LogP contribution >= 0.6 is 11.3 Å². The Balaban J connectivity index is 1.84. The molecule has 1 fully saturated rings. The fourth-order valence-electron chi connectivity index (χ4n) is 2.06. The second kappa shape index (κ2) is 5.99. The molecular weight excluding hydrogens is 270 g/mol. The third-order valence-corrected chi connectivity index (χ3v) is 4.44. The first-order chi connectivity index (χ1) is 9.76. The lowest BCUT2D eigenvalue weighted by Gasteiger charge is -2.02. The molecule has 4 nitrogen and oxygen atoms in total. The minimum absolute atomic E-state index is 0.560. The van der Waals surface area contributed by atoms with Crippen molar-refractivity contribution in [3.8, 4) is 10.7 Å². The molecule has 0 radical (unpaired) electrons. The molecule has 1 aliphatic carbocycles. The second-order valence-corrected chi connectivity index (χ2v) is 6.28. The summed E-state index contributed by atoms with van der Waals surface area (Å²) in [5.41, 5.74) is 3.19. The number of hydrogen-bond donors (Lipinski definition) is 1. The summed E-state index contributed by atoms with van der Waals surface area (Å²) in [5, 5.41) is 4.52. The highest BCUT2D eigenvalue weighted by Gasteiger charge is 2.22. The van der Waals surface area contributed by atoms with Gasteiger partial charge in [-0.1, -0.05) is 0 Å². The van der Waals surface area contributed by atoms with Crippen LogP contribution in [0.4, 0.5) is 0 Å². The first-order valence-corrected chi connectivity index (χ1v) is 7.72. The smallest absolute Gasteiger partial charge is 0.142 e. The predicted octanol–water partition coefficient (Wildman–Crippen LogP) is 2.91. The molecule has 5 heteroatoms. The van der Waals surface area contributed by atoms with Crippen molar-refractivity contribution in [2.45, 2.75) is 39.0 Å². The molecule has 1 saturated carbocycles. The summed E-state index contributed by atoms with van der Waals surface area (Å²) in [4.78, 5) is 10.4. The summed E-state index contributed by atoms with van der Waals surface area (Å²) >= 11 is 1.71. The van der Waals surface area contributed by atoms with E-state index in [1.165, 1.54) is 23.3 Å². The maximum Gasteiger partial charge on any atom is 0.142 e. The quantitative estimate of drug-likeness (QED) is 0.888. The highest BCUT2D eigenvalue weighted by Crippen LogP contribution is 2.29. The maximum atomic E-state index is 5.26. The second-order valence-electron chi connectivity index (χ2n) is 5.20. The van der Waals surface area contributed by atoms with Gasteiger partial charge in [0.1, 0.15) is 5.01 Å². The van der Waals surface area contributed by atoms with Crippen molar-refractivity contribution in [2.75, 3.05) is 7.11 Å². The summed E-state index contributed by atoms with van der Waals surface area (Å²) in [7, 11) is 1.71. The highest BCUT2D eigenvalue weighted by molar-refractivity contribution is 7.15. The van der Waals surface area contributed by atoms with Crippen molar-refractivity contribution >= 4 is 11.3 Å². The van der Waals surface area contributed by atoms with Crippen molar-refractivity contribution in [1.29, 1.82) is 0 Å². The summed E-state index contributed by atoms with van der Waals surface area (Å²) in [5.74, 6) is 0. The van der Waals surface area contributed by atoms with Crippen LogP contribution in [0.5, 0.6) is 0 Å². The Kier molecular flexibility index (Phi) is 4.10. The first-order valence-electron chi connectivity index (χ1n) is 6.90. The number of nitrogens with one attached hydrogen (secondary N) is 1. The van der Waals surface area contributed by atoms with Crippen molar-refractivity contribution in [2.24, 2.45) is 0 Å². The fraction of sp³-hybridized carbons (Fsp3) is 0.467. The molecule has 2 heterocycles. The Morgan fingerprint density at radius 3 is 3.00 bits per heavy atom. The van der Waals surface area contributed by atoms with Gasteiger partial charge in [-0.2, -0.15) is 0 Å². The zero-order valence-electron chi connectivity index (χ0n) is 11.8. The Labute approximate surface area is 123 Å². The van der Waals surface area contributed by atoms with Gasteiger partial charge in [0.25, 0.3) is 0 Å². The molecule has 0 aliphatic heterocycles. The van der Waals surface area contributed by atoms with Crippen LogP contribution in [0.3, 0.4) is 0 Å². The number of nitrogens with zero attached hydrogens (tertiary/aromatic N) is 2. The normalized spacial score (nSPS) is 14.7. The van der Waals surface area contributed by atoms with E-state index in [-0.39, 0.29) is 0 Å². The van der Waals surface area contributed by atoms with Gasteiger partial charge in [-0.25, -0.2) is 4.98 Å². The van der Waals surface area contributed by atoms with E-state index in [1.54, 1.807) is 18.4 Å². The first kappa shape index (κ1) is 13.7. The van der Waals surface area contributed by atoms with Crippen LogP contribution < -0.4 is 5.32 Å². The average molecular weight is 289 g/mol. The molecule has 2 aromatic heterocycles. The van der Waals surface area contributed by atoms with E-state index in [0.717, 1.165) is 22.9 Å². The number of ether oxygens (including phenoxy) is 1. The van der Waals surface area contributed by atoms with E-state index in [0.29, 0.717) is 12.6 Å². The van der Waals surface area contributed by atoms with Crippen LogP contribution in [0.25, 0.3) is 10.7 Å². The topological polar surface area (TPSA) is 47.0 Å². The number of rotatable bonds is 6. The fourth-order valence-corrected chi connectivity index (χ4v) is 3.04. The van der Waals surface area contributed by atoms with Gasteiger partial charge >= 0.3 is 0 Å². The van der Waals surface area contributed by atoms with E-state index in [9.17, 15) is 0 Å². The van der Waals surface area contributed by atoms with Gasteiger partial charge in [-0.3, -0.25) is 4.98 Å². The van der Waals surface area contributed by atoms with Crippen molar-refractivity contribution < 1.29 is 4.74 Å². The summed E-state index contributed by atoms with van der Waals surface area (Å²) in [6.45, 7) is 3.52. The molecule has 0 saturated heterocycles. The highest BCUT2D eigenvalue weighted by atomic mass is 32.1. The van der Waals surface area contributed by atoms with Gasteiger partial charge in [0.15, 0.2) is 0 Å². The Morgan fingerprint density at radius 2 is 2.30 bits per heavy atom. The van der Waals surface area contributed by atoms with Gasteiger partial charge in [0.05, 0.1) is 18.0 Å². The lowest BCUT2D eigenvalue weighted by molar-refractivity contribution is 0.181. The monoisotopic (exact) mass is 289 g/mol. The van der Waals surface area contributed by atoms with Crippen LogP contribution in [0.2, 0.25) is 0 Å². The third kappa shape index (κ3) is 3.23. The SMILES string of the molecule is COCc1nc(-c2cc(C)ccn2)sc1CNC1CC1. The molecule has 0 bridgehead atoms. The number of pyridine rings is 1. The summed E-state index contributed by atoms with van der Waals surface area (Å²) in [6, 6.07) is 4.78. The Hall–Kier alpha value is -1.30. The lowest BCUT2D eigenvalue weighted by Crippen LogP contribution is -2.15. The average Bonchev–Trinajstić information content (AvgIpc) is 3.18. The van der Waals surface area contributed by atoms with Gasteiger partial charge in [-0.15, -0.1) is 11.3 Å². The van der Waals surface area contributed by atoms with Crippen LogP contribution in [0.15, 0.2) is 18.3 Å². The minimum atomic E-state index is 0.560. The van der Waals surface area contributed by atoms with E-state index in [4.69, 9.17) is 9.72 Å². The van der Waals surface area contributed by atoms with E-state index in [2.05, 4.69) is 23.3 Å². The molecule has 0 spiro atoms. The van der Waals surface area contributed by atoms with Crippen molar-refractivity contribution in [3.05, 3.63) is 34.5 Å². The molecule has 0 atom stereocenters. The molecule has 1 aliphatic rings. The van der Waals surface area contributed by atoms with Crippen LogP contribution in [0.1, 0.15) is 29.0 Å². The van der Waals surface area contributed by atoms with Crippen LogP contribution in [0, 0.1) is 6.92 Å². The summed E-state index contributed by atoms with van der Waals surface area (Å²) in [6.07, 6.45) is 4.43. The number of methoxy groups -OCH3 is 1. The molecule has 1 N–H and O–H groups in total. The zero-order chi connectivity index (χ0) is 13.9. The predicted molar refractivity (Wildman–Crippen MR) is 80.7 cm³/mol. The Morgan fingerprint density at radius 1 is 1.45 bits per heavy atom. The Bertz CT molecular complexity index is 593. The van der Waals surface area contributed by atoms with Gasteiger partial charge in [0, 0.05) is 30.8 Å². The van der Waals surface area contributed by atoms with E-state index < -0.39 is 0 Å². The molecule has 0 aromatic carbocycles. The molecule has 2 aromatic rings. The molecule has 3 rings (SSSR count). The standard InChI is InChI=1S/C15H19N3OS/c1-10-5-6-16-12(7-10)15-18-13(9-19-2)14(20-15)8-17-11-3-4-11/h5-7,11,17H,3-4,8-9H2,1-2H3. The van der Waals surface area contributed by atoms with Gasteiger partial charge in [-0.05, 0) is 37.5 Å². The van der Waals surface area contributed by atoms with Crippen molar-refractivity contribution in [3.63, 3.8) is 0 Å². The number of aromatic nitrogens is 2. The van der Waals surface area contributed by atoms with Crippen LogP contribution in [-0.2, 0) is 17.9 Å². The largest absolute Gasteiger partial charge is 0.378 e. The molecule has 20 heavy (non-hydrogen) atoms. The molecule has 0 unspecified atom stereocenters. The lowest BCUT2D eigenvalue weighted by atomic mass is 10.2. The third-order valence-electron chi connectivity index (χ3n) is 3.32. The van der Waals surface area contributed by atoms with Gasteiger partial charge in [0.2, 0.25) is 0 Å². The van der Waals surface area contributed by atoms with Crippen molar-refractivity contribution in [1.82, 2.24) is 15.3 Å². The summed E-state index contributed by atoms with van der Waals surface area (Å²) < 4.78 is 5.26.